The van der Waals surface area contributed by atoms with Gasteiger partial charge in [-0.2, -0.15) is 0 Å². The molecule has 1 aliphatic carbocycles. The normalized spacial score (nSPS) is 23.5. The third kappa shape index (κ3) is 4.13. The Hall–Kier alpha value is -3.48. The van der Waals surface area contributed by atoms with Crippen molar-refractivity contribution in [3.63, 3.8) is 0 Å². The van der Waals surface area contributed by atoms with Crippen LogP contribution in [-0.2, 0) is 20.7 Å². The molecule has 3 aliphatic rings. The predicted molar refractivity (Wildman–Crippen MR) is 130 cm³/mol. The molecule has 0 bridgehead atoms. The number of hydrogen-bond acceptors (Lipinski definition) is 6. The van der Waals surface area contributed by atoms with Gasteiger partial charge in [-0.3, -0.25) is 9.59 Å². The minimum Gasteiger partial charge on any atom is -0.497 e. The molecule has 5 rings (SSSR count). The van der Waals surface area contributed by atoms with Gasteiger partial charge >= 0.3 is 0 Å². The molecule has 2 aromatic rings. The smallest absolute Gasteiger partial charge is 0.290 e. The maximum Gasteiger partial charge on any atom is 0.290 e. The highest BCUT2D eigenvalue weighted by Crippen LogP contribution is 2.47. The van der Waals surface area contributed by atoms with Crippen LogP contribution in [0.15, 0.2) is 53.8 Å². The molecule has 2 aromatic carbocycles. The van der Waals surface area contributed by atoms with E-state index >= 15 is 0 Å². The summed E-state index contributed by atoms with van der Waals surface area (Å²) >= 11 is 0. The summed E-state index contributed by atoms with van der Waals surface area (Å²) in [6.45, 7) is 0.435. The first-order valence-electron chi connectivity index (χ1n) is 12.2. The van der Waals surface area contributed by atoms with Crippen LogP contribution in [0.3, 0.4) is 0 Å². The van der Waals surface area contributed by atoms with E-state index in [9.17, 15) is 9.59 Å². The summed E-state index contributed by atoms with van der Waals surface area (Å²) in [7, 11) is 4.82. The van der Waals surface area contributed by atoms with Crippen LogP contribution in [0.2, 0.25) is 0 Å². The van der Waals surface area contributed by atoms with Crippen LogP contribution in [-0.4, -0.2) is 50.6 Å². The second kappa shape index (κ2) is 9.64. The van der Waals surface area contributed by atoms with Crippen LogP contribution in [0.5, 0.6) is 17.2 Å². The molecular weight excluding hydrogens is 446 g/mol. The van der Waals surface area contributed by atoms with Gasteiger partial charge in [0.05, 0.1) is 38.9 Å². The molecule has 0 aromatic heterocycles. The Morgan fingerprint density at radius 1 is 0.914 bits per heavy atom. The van der Waals surface area contributed by atoms with E-state index in [1.165, 1.54) is 0 Å². The summed E-state index contributed by atoms with van der Waals surface area (Å²) in [6, 6.07) is 12.9. The first kappa shape index (κ1) is 23.3. The highest BCUT2D eigenvalue weighted by Gasteiger charge is 2.51. The Balaban J connectivity index is 1.47. The van der Waals surface area contributed by atoms with Crippen molar-refractivity contribution >= 4 is 11.7 Å². The van der Waals surface area contributed by atoms with Gasteiger partial charge in [-0.25, -0.2) is 0 Å². The molecule has 3 unspecified atom stereocenters. The zero-order valence-electron chi connectivity index (χ0n) is 20.4. The van der Waals surface area contributed by atoms with Gasteiger partial charge in [0.25, 0.3) is 5.91 Å². The Bertz CT molecular complexity index is 1150. The fourth-order valence-electron chi connectivity index (χ4n) is 5.54. The lowest BCUT2D eigenvalue weighted by Gasteiger charge is -2.35. The molecule has 7 heteroatoms. The minimum absolute atomic E-state index is 0.0683. The number of Topliss-reactive ketones (excluding diaryl/α,β-unsaturated/α-hetero) is 1. The van der Waals surface area contributed by atoms with Crippen LogP contribution in [0.1, 0.15) is 42.9 Å². The SMILES string of the molecule is COc1ccc(C2C3=C(OC4CCCCC4C3=O)C(=O)N2CCc2ccc(OC)c(OC)c2)cc1. The lowest BCUT2D eigenvalue weighted by Crippen LogP contribution is -2.39. The largest absolute Gasteiger partial charge is 0.497 e. The van der Waals surface area contributed by atoms with Crippen molar-refractivity contribution in [3.8, 4) is 17.2 Å². The lowest BCUT2D eigenvalue weighted by molar-refractivity contribution is -0.135. The first-order chi connectivity index (χ1) is 17.0. The van der Waals surface area contributed by atoms with Gasteiger partial charge in [0.15, 0.2) is 23.0 Å². The fraction of sp³-hybridized carbons (Fsp3) is 0.429. The molecule has 1 amide bonds. The Kier molecular flexibility index (Phi) is 6.41. The standard InChI is InChI=1S/C28H31NO6/c1-32-19-11-9-18(10-12-19)25-24-26(30)20-6-4-5-7-21(20)35-27(24)28(31)29(25)15-14-17-8-13-22(33-2)23(16-17)34-3/h8-13,16,20-21,25H,4-7,14-15H2,1-3H3. The third-order valence-electron chi connectivity index (χ3n) is 7.38. The van der Waals surface area contributed by atoms with Crippen molar-refractivity contribution in [2.45, 2.75) is 44.2 Å². The Labute approximate surface area is 205 Å². The van der Waals surface area contributed by atoms with Crippen molar-refractivity contribution in [2.24, 2.45) is 5.92 Å². The van der Waals surface area contributed by atoms with E-state index in [1.54, 1.807) is 26.2 Å². The number of rotatable bonds is 7. The number of benzene rings is 2. The van der Waals surface area contributed by atoms with Gasteiger partial charge in [-0.1, -0.05) is 24.6 Å². The minimum atomic E-state index is -0.473. The summed E-state index contributed by atoms with van der Waals surface area (Å²) in [5.41, 5.74) is 2.40. The number of amides is 1. The number of ether oxygens (including phenoxy) is 4. The molecule has 0 saturated heterocycles. The number of fused-ring (bicyclic) bond motifs is 1. The lowest BCUT2D eigenvalue weighted by atomic mass is 9.77. The van der Waals surface area contributed by atoms with Gasteiger partial charge in [0.2, 0.25) is 0 Å². The summed E-state index contributed by atoms with van der Waals surface area (Å²) in [5, 5.41) is 0. The number of ketones is 1. The van der Waals surface area contributed by atoms with Crippen LogP contribution in [0.4, 0.5) is 0 Å². The van der Waals surface area contributed by atoms with Gasteiger partial charge in [0, 0.05) is 6.54 Å². The van der Waals surface area contributed by atoms with Crippen molar-refractivity contribution < 1.29 is 28.5 Å². The fourth-order valence-corrected chi connectivity index (χ4v) is 5.54. The molecular formula is C28H31NO6. The number of nitrogens with zero attached hydrogens (tertiary/aromatic N) is 1. The van der Waals surface area contributed by atoms with Gasteiger partial charge in [0.1, 0.15) is 11.9 Å². The molecule has 0 radical (unpaired) electrons. The zero-order chi connectivity index (χ0) is 24.5. The molecule has 184 valence electrons. The van der Waals surface area contributed by atoms with E-state index in [0.717, 1.165) is 42.6 Å². The second-order valence-corrected chi connectivity index (χ2v) is 9.27. The average molecular weight is 478 g/mol. The molecule has 1 fully saturated rings. The van der Waals surface area contributed by atoms with Crippen LogP contribution in [0, 0.1) is 5.92 Å². The van der Waals surface area contributed by atoms with Crippen LogP contribution < -0.4 is 14.2 Å². The van der Waals surface area contributed by atoms with Crippen molar-refractivity contribution in [3.05, 3.63) is 64.9 Å². The zero-order valence-corrected chi connectivity index (χ0v) is 20.4. The molecule has 35 heavy (non-hydrogen) atoms. The Morgan fingerprint density at radius 2 is 1.66 bits per heavy atom. The van der Waals surface area contributed by atoms with E-state index in [1.807, 2.05) is 42.5 Å². The summed E-state index contributed by atoms with van der Waals surface area (Å²) in [5.74, 6) is 1.96. The van der Waals surface area contributed by atoms with Crippen molar-refractivity contribution in [1.82, 2.24) is 4.90 Å². The summed E-state index contributed by atoms with van der Waals surface area (Å²) in [6.07, 6.45) is 4.08. The van der Waals surface area contributed by atoms with E-state index in [4.69, 9.17) is 18.9 Å². The van der Waals surface area contributed by atoms with Gasteiger partial charge in [-0.15, -0.1) is 0 Å². The molecule has 0 N–H and O–H groups in total. The second-order valence-electron chi connectivity index (χ2n) is 9.27. The third-order valence-corrected chi connectivity index (χ3v) is 7.38. The topological polar surface area (TPSA) is 74.3 Å². The molecule has 1 saturated carbocycles. The molecule has 2 heterocycles. The average Bonchev–Trinajstić information content (AvgIpc) is 3.18. The quantitative estimate of drug-likeness (QED) is 0.594. The van der Waals surface area contributed by atoms with E-state index in [2.05, 4.69) is 0 Å². The number of carbonyl (C=O) groups is 2. The van der Waals surface area contributed by atoms with E-state index in [0.29, 0.717) is 30.0 Å². The summed E-state index contributed by atoms with van der Waals surface area (Å²) < 4.78 is 22.3. The van der Waals surface area contributed by atoms with Gasteiger partial charge < -0.3 is 23.8 Å². The molecule has 7 nitrogen and oxygen atoms in total. The molecule has 2 aliphatic heterocycles. The Morgan fingerprint density at radius 3 is 2.37 bits per heavy atom. The predicted octanol–water partition coefficient (Wildman–Crippen LogP) is 4.25. The monoisotopic (exact) mass is 477 g/mol. The van der Waals surface area contributed by atoms with Gasteiger partial charge in [-0.05, 0) is 61.1 Å². The maximum absolute atomic E-state index is 13.7. The number of carbonyl (C=O) groups excluding carboxylic acids is 2. The maximum atomic E-state index is 13.7. The van der Waals surface area contributed by atoms with Crippen LogP contribution in [0.25, 0.3) is 0 Å². The highest BCUT2D eigenvalue weighted by molar-refractivity contribution is 6.11. The molecule has 3 atom stereocenters. The first-order valence-corrected chi connectivity index (χ1v) is 12.2. The van der Waals surface area contributed by atoms with E-state index in [-0.39, 0.29) is 29.5 Å². The summed E-state index contributed by atoms with van der Waals surface area (Å²) in [4.78, 5) is 29.1. The van der Waals surface area contributed by atoms with Crippen molar-refractivity contribution in [1.29, 1.82) is 0 Å². The highest BCUT2D eigenvalue weighted by atomic mass is 16.5. The molecule has 0 spiro atoms. The van der Waals surface area contributed by atoms with E-state index < -0.39 is 6.04 Å². The van der Waals surface area contributed by atoms with Crippen LogP contribution >= 0.6 is 0 Å². The van der Waals surface area contributed by atoms with Crippen molar-refractivity contribution in [2.75, 3.05) is 27.9 Å². The number of methoxy groups -OCH3 is 3. The number of hydrogen-bond donors (Lipinski definition) is 0.